The molecule has 154 valence electrons. The van der Waals surface area contributed by atoms with Gasteiger partial charge in [0.2, 0.25) is 0 Å². The number of halogens is 3. The molecule has 3 heterocycles. The average molecular weight is 432 g/mol. The lowest BCUT2D eigenvalue weighted by Crippen LogP contribution is -2.23. The van der Waals surface area contributed by atoms with Crippen molar-refractivity contribution >= 4 is 22.9 Å². The van der Waals surface area contributed by atoms with Gasteiger partial charge in [0.1, 0.15) is 11.3 Å². The number of fused-ring (bicyclic) bond motifs is 1. The van der Waals surface area contributed by atoms with Crippen LogP contribution < -0.4 is 10.1 Å². The molecule has 4 rings (SSSR count). The molecular weight excluding hydrogens is 417 g/mol. The molecule has 4 aromatic rings. The number of carbonyl (C=O) groups excluding carboxylic acids is 1. The third kappa shape index (κ3) is 3.73. The topological polar surface area (TPSA) is 68.5 Å². The lowest BCUT2D eigenvalue weighted by Gasteiger charge is -2.11. The first-order chi connectivity index (χ1) is 14.4. The lowest BCUT2D eigenvalue weighted by atomic mass is 10.2. The van der Waals surface area contributed by atoms with Gasteiger partial charge in [0, 0.05) is 12.1 Å². The largest absolute Gasteiger partial charge is 0.496 e. The van der Waals surface area contributed by atoms with E-state index in [4.69, 9.17) is 4.74 Å². The van der Waals surface area contributed by atoms with E-state index in [1.54, 1.807) is 41.8 Å². The highest BCUT2D eigenvalue weighted by atomic mass is 32.1. The fourth-order valence-electron chi connectivity index (χ4n) is 3.00. The zero-order valence-corrected chi connectivity index (χ0v) is 16.4. The molecule has 0 bridgehead atoms. The Labute approximate surface area is 172 Å². The van der Waals surface area contributed by atoms with Crippen LogP contribution in [0.1, 0.15) is 21.6 Å². The van der Waals surface area contributed by atoms with Gasteiger partial charge in [-0.15, -0.1) is 11.3 Å². The second kappa shape index (κ2) is 7.79. The first-order valence-electron chi connectivity index (χ1n) is 8.78. The second-order valence-corrected chi connectivity index (χ2v) is 7.24. The van der Waals surface area contributed by atoms with Gasteiger partial charge in [-0.3, -0.25) is 4.79 Å². The summed E-state index contributed by atoms with van der Waals surface area (Å²) in [7, 11) is 1.51. The number of benzene rings is 1. The van der Waals surface area contributed by atoms with Crippen LogP contribution in [0.3, 0.4) is 0 Å². The van der Waals surface area contributed by atoms with Gasteiger partial charge in [-0.05, 0) is 23.6 Å². The van der Waals surface area contributed by atoms with Crippen molar-refractivity contribution in [2.24, 2.45) is 0 Å². The summed E-state index contributed by atoms with van der Waals surface area (Å²) in [5, 5.41) is 8.20. The number of nitrogens with zero attached hydrogens (tertiary/aromatic N) is 3. The number of thiophene rings is 1. The number of ether oxygens (including phenoxy) is 1. The Hall–Kier alpha value is -3.40. The molecule has 0 fully saturated rings. The summed E-state index contributed by atoms with van der Waals surface area (Å²) in [5.74, 6) is 0.00925. The zero-order chi connectivity index (χ0) is 21.3. The van der Waals surface area contributed by atoms with Crippen LogP contribution in [0.25, 0.3) is 16.2 Å². The quantitative estimate of drug-likeness (QED) is 0.507. The van der Waals surface area contributed by atoms with Crippen molar-refractivity contribution in [3.63, 3.8) is 0 Å². The van der Waals surface area contributed by atoms with E-state index in [-0.39, 0.29) is 23.4 Å². The number of carbonyl (C=O) groups is 1. The number of alkyl halides is 3. The van der Waals surface area contributed by atoms with Crippen molar-refractivity contribution in [2.45, 2.75) is 12.7 Å². The maximum Gasteiger partial charge on any atom is 0.433 e. The number of hydrogen-bond acceptors (Lipinski definition) is 5. The number of amides is 1. The molecule has 1 N–H and O–H groups in total. The van der Waals surface area contributed by atoms with Crippen molar-refractivity contribution in [1.82, 2.24) is 19.9 Å². The van der Waals surface area contributed by atoms with Gasteiger partial charge in [0.25, 0.3) is 5.91 Å². The lowest BCUT2D eigenvalue weighted by molar-refractivity contribution is -0.142. The van der Waals surface area contributed by atoms with Crippen LogP contribution in [-0.4, -0.2) is 27.6 Å². The normalized spacial score (nSPS) is 11.6. The third-order valence-corrected chi connectivity index (χ3v) is 5.30. The van der Waals surface area contributed by atoms with Gasteiger partial charge < -0.3 is 10.1 Å². The number of nitrogens with one attached hydrogen (secondary N) is 1. The number of rotatable bonds is 5. The molecular formula is C20H15F3N4O2S. The van der Waals surface area contributed by atoms with Gasteiger partial charge >= 0.3 is 6.18 Å². The summed E-state index contributed by atoms with van der Waals surface area (Å²) in [6.07, 6.45) is -3.57. The Balaban J connectivity index is 1.72. The standard InChI is InChI=1S/C20H15F3N4O2S/c1-29-15-6-3-2-5-12(15)10-24-19(28)13-11-25-27-17(20(21,22)23)9-14(26-18(13)27)16-7-4-8-30-16/h2-9,11H,10H2,1H3,(H,24,28). The molecule has 3 aromatic heterocycles. The van der Waals surface area contributed by atoms with E-state index in [9.17, 15) is 18.0 Å². The van der Waals surface area contributed by atoms with E-state index < -0.39 is 17.8 Å². The van der Waals surface area contributed by atoms with Crippen LogP contribution in [-0.2, 0) is 12.7 Å². The van der Waals surface area contributed by atoms with Crippen molar-refractivity contribution in [3.05, 3.63) is 70.9 Å². The van der Waals surface area contributed by atoms with Crippen LogP contribution in [0, 0.1) is 0 Å². The highest BCUT2D eigenvalue weighted by Crippen LogP contribution is 2.33. The van der Waals surface area contributed by atoms with Crippen molar-refractivity contribution in [1.29, 1.82) is 0 Å². The molecule has 0 spiro atoms. The summed E-state index contributed by atoms with van der Waals surface area (Å²) in [6, 6.07) is 11.4. The first-order valence-corrected chi connectivity index (χ1v) is 9.66. The predicted octanol–water partition coefficient (Wildman–Crippen LogP) is 4.42. The van der Waals surface area contributed by atoms with E-state index in [2.05, 4.69) is 15.4 Å². The van der Waals surface area contributed by atoms with Gasteiger partial charge in [0.05, 0.1) is 23.9 Å². The van der Waals surface area contributed by atoms with Gasteiger partial charge in [-0.25, -0.2) is 9.50 Å². The minimum atomic E-state index is -4.66. The summed E-state index contributed by atoms with van der Waals surface area (Å²) >= 11 is 1.26. The molecule has 0 atom stereocenters. The van der Waals surface area contributed by atoms with Gasteiger partial charge in [-0.1, -0.05) is 24.3 Å². The highest BCUT2D eigenvalue weighted by molar-refractivity contribution is 7.13. The smallest absolute Gasteiger partial charge is 0.433 e. The molecule has 30 heavy (non-hydrogen) atoms. The van der Waals surface area contributed by atoms with Gasteiger partial charge in [0.15, 0.2) is 11.3 Å². The molecule has 0 aliphatic heterocycles. The van der Waals surface area contributed by atoms with Gasteiger partial charge in [-0.2, -0.15) is 18.3 Å². The SMILES string of the molecule is COc1ccccc1CNC(=O)c1cnn2c(C(F)(F)F)cc(-c3cccs3)nc12. The number of methoxy groups -OCH3 is 1. The van der Waals surface area contributed by atoms with Crippen LogP contribution in [0.15, 0.2) is 54.0 Å². The molecule has 0 saturated heterocycles. The molecule has 0 radical (unpaired) electrons. The maximum atomic E-state index is 13.6. The van der Waals surface area contributed by atoms with E-state index in [1.165, 1.54) is 18.4 Å². The molecule has 6 nitrogen and oxygen atoms in total. The molecule has 0 saturated carbocycles. The van der Waals surface area contributed by atoms with Crippen molar-refractivity contribution < 1.29 is 22.7 Å². The Morgan fingerprint density at radius 3 is 2.73 bits per heavy atom. The van der Waals surface area contributed by atoms with Crippen LogP contribution in [0.5, 0.6) is 5.75 Å². The maximum absolute atomic E-state index is 13.6. The summed E-state index contributed by atoms with van der Waals surface area (Å²) in [6.45, 7) is 0.136. The molecule has 0 aliphatic carbocycles. The van der Waals surface area contributed by atoms with E-state index in [0.29, 0.717) is 15.1 Å². The van der Waals surface area contributed by atoms with Crippen LogP contribution in [0.4, 0.5) is 13.2 Å². The monoisotopic (exact) mass is 432 g/mol. The molecule has 0 aliphatic rings. The van der Waals surface area contributed by atoms with E-state index in [0.717, 1.165) is 17.8 Å². The molecule has 10 heteroatoms. The van der Waals surface area contributed by atoms with Crippen molar-refractivity contribution in [3.8, 4) is 16.3 Å². The minimum Gasteiger partial charge on any atom is -0.496 e. The van der Waals surface area contributed by atoms with Crippen molar-refractivity contribution in [2.75, 3.05) is 7.11 Å². The minimum absolute atomic E-state index is 0.0474. The summed E-state index contributed by atoms with van der Waals surface area (Å²) < 4.78 is 46.7. The van der Waals surface area contributed by atoms with Crippen LogP contribution >= 0.6 is 11.3 Å². The average Bonchev–Trinajstić information content (AvgIpc) is 3.40. The third-order valence-electron chi connectivity index (χ3n) is 4.41. The highest BCUT2D eigenvalue weighted by Gasteiger charge is 2.36. The Morgan fingerprint density at radius 1 is 1.23 bits per heavy atom. The Morgan fingerprint density at radius 2 is 2.03 bits per heavy atom. The number of hydrogen-bond donors (Lipinski definition) is 1. The second-order valence-electron chi connectivity index (χ2n) is 6.29. The van der Waals surface area contributed by atoms with E-state index >= 15 is 0 Å². The Kier molecular flexibility index (Phi) is 5.17. The first kappa shape index (κ1) is 19.9. The van der Waals surface area contributed by atoms with Crippen LogP contribution in [0.2, 0.25) is 0 Å². The fourth-order valence-corrected chi connectivity index (χ4v) is 3.68. The predicted molar refractivity (Wildman–Crippen MR) is 105 cm³/mol. The summed E-state index contributed by atoms with van der Waals surface area (Å²) in [4.78, 5) is 17.6. The van der Waals surface area contributed by atoms with E-state index in [1.807, 2.05) is 0 Å². The Bertz CT molecular complexity index is 1200. The molecule has 0 unspecified atom stereocenters. The zero-order valence-electron chi connectivity index (χ0n) is 15.6. The number of para-hydroxylation sites is 1. The molecule has 1 amide bonds. The number of aromatic nitrogens is 3. The fraction of sp³-hybridized carbons (Fsp3) is 0.150. The summed E-state index contributed by atoms with van der Waals surface area (Å²) in [5.41, 5.74) is -0.351. The molecule has 1 aromatic carbocycles.